The van der Waals surface area contributed by atoms with Crippen LogP contribution in [0.1, 0.15) is 30.0 Å². The molecule has 1 aromatic carbocycles. The van der Waals surface area contributed by atoms with Crippen LogP contribution in [0.25, 0.3) is 0 Å². The molecule has 0 saturated carbocycles. The van der Waals surface area contributed by atoms with Crippen molar-refractivity contribution in [2.45, 2.75) is 27.0 Å². The van der Waals surface area contributed by atoms with Gasteiger partial charge in [-0.3, -0.25) is 4.79 Å². The van der Waals surface area contributed by atoms with Gasteiger partial charge in [-0.15, -0.1) is 5.10 Å². The van der Waals surface area contributed by atoms with E-state index in [2.05, 4.69) is 20.8 Å². The molecule has 0 aliphatic rings. The van der Waals surface area contributed by atoms with Gasteiger partial charge in [0.15, 0.2) is 5.82 Å². The third-order valence-electron chi connectivity index (χ3n) is 2.71. The van der Waals surface area contributed by atoms with Gasteiger partial charge < -0.3 is 10.1 Å². The summed E-state index contributed by atoms with van der Waals surface area (Å²) in [7, 11) is 0. The number of hydrogen-bond donors (Lipinski definition) is 1. The highest BCUT2D eigenvalue weighted by Gasteiger charge is 2.08. The second-order valence-electron chi connectivity index (χ2n) is 4.09. The summed E-state index contributed by atoms with van der Waals surface area (Å²) >= 11 is 0. The molecule has 1 aromatic heterocycles. The minimum Gasteiger partial charge on any atom is -0.486 e. The summed E-state index contributed by atoms with van der Waals surface area (Å²) < 4.78 is 7.28. The fraction of sp³-hybridized carbons (Fsp3) is 0.385. The maximum absolute atomic E-state index is 11.7. The van der Waals surface area contributed by atoms with Crippen LogP contribution in [0, 0.1) is 0 Å². The summed E-state index contributed by atoms with van der Waals surface area (Å²) in [4.78, 5) is 11.7. The summed E-state index contributed by atoms with van der Waals surface area (Å²) in [5.74, 6) is 1.15. The second-order valence-corrected chi connectivity index (χ2v) is 4.09. The van der Waals surface area contributed by atoms with Crippen molar-refractivity contribution < 1.29 is 9.53 Å². The molecule has 1 heterocycles. The monoisotopic (exact) mass is 275 g/mol. The first-order valence-corrected chi connectivity index (χ1v) is 6.50. The number of nitrogens with zero attached hydrogens (tertiary/aromatic N) is 4. The Kier molecular flexibility index (Phi) is 4.65. The van der Waals surface area contributed by atoms with Crippen molar-refractivity contribution in [1.29, 1.82) is 0 Å². The summed E-state index contributed by atoms with van der Waals surface area (Å²) in [5, 5.41) is 14.1. The van der Waals surface area contributed by atoms with Crippen molar-refractivity contribution in [3.63, 3.8) is 0 Å². The van der Waals surface area contributed by atoms with Crippen LogP contribution in [0.3, 0.4) is 0 Å². The zero-order chi connectivity index (χ0) is 14.4. The third-order valence-corrected chi connectivity index (χ3v) is 2.71. The number of carbonyl (C=O) groups is 1. The number of amides is 1. The van der Waals surface area contributed by atoms with Gasteiger partial charge in [0.25, 0.3) is 5.91 Å². The minimum absolute atomic E-state index is 0.114. The molecule has 20 heavy (non-hydrogen) atoms. The Bertz CT molecular complexity index is 582. The highest BCUT2D eigenvalue weighted by molar-refractivity contribution is 5.94. The first-order chi connectivity index (χ1) is 9.74. The zero-order valence-electron chi connectivity index (χ0n) is 11.5. The van der Waals surface area contributed by atoms with Crippen LogP contribution < -0.4 is 10.1 Å². The Hall–Kier alpha value is -2.44. The Labute approximate surface area is 116 Å². The lowest BCUT2D eigenvalue weighted by Gasteiger charge is -2.07. The number of hydrogen-bond acceptors (Lipinski definition) is 5. The van der Waals surface area contributed by atoms with Crippen molar-refractivity contribution >= 4 is 5.91 Å². The largest absolute Gasteiger partial charge is 0.486 e. The second kappa shape index (κ2) is 6.65. The molecule has 2 rings (SSSR count). The van der Waals surface area contributed by atoms with Gasteiger partial charge in [-0.05, 0) is 42.5 Å². The number of aromatic nitrogens is 4. The molecule has 1 N–H and O–H groups in total. The maximum Gasteiger partial charge on any atom is 0.251 e. The molecule has 1 amide bonds. The van der Waals surface area contributed by atoms with Crippen LogP contribution in [-0.2, 0) is 13.2 Å². The van der Waals surface area contributed by atoms with Crippen molar-refractivity contribution in [2.75, 3.05) is 6.54 Å². The predicted octanol–water partition coefficient (Wildman–Crippen LogP) is 1.02. The molecule has 0 aliphatic heterocycles. The van der Waals surface area contributed by atoms with Gasteiger partial charge in [-0.25, -0.2) is 4.68 Å². The van der Waals surface area contributed by atoms with E-state index < -0.39 is 0 Å². The van der Waals surface area contributed by atoms with E-state index in [-0.39, 0.29) is 12.5 Å². The van der Waals surface area contributed by atoms with Gasteiger partial charge in [0, 0.05) is 18.7 Å². The highest BCUT2D eigenvalue weighted by Crippen LogP contribution is 2.14. The molecular weight excluding hydrogens is 258 g/mol. The van der Waals surface area contributed by atoms with E-state index in [0.717, 1.165) is 0 Å². The van der Waals surface area contributed by atoms with Crippen molar-refractivity contribution in [2.24, 2.45) is 0 Å². The summed E-state index contributed by atoms with van der Waals surface area (Å²) in [6.45, 7) is 5.37. The number of nitrogens with one attached hydrogen (secondary N) is 1. The van der Waals surface area contributed by atoms with Gasteiger partial charge >= 0.3 is 0 Å². The lowest BCUT2D eigenvalue weighted by Crippen LogP contribution is -2.22. The molecule has 0 aliphatic carbocycles. The molecule has 0 saturated heterocycles. The molecule has 0 bridgehead atoms. The number of rotatable bonds is 6. The molecule has 7 nitrogen and oxygen atoms in total. The molecule has 0 atom stereocenters. The van der Waals surface area contributed by atoms with Crippen LogP contribution >= 0.6 is 0 Å². The van der Waals surface area contributed by atoms with Crippen LogP contribution in [0.2, 0.25) is 0 Å². The van der Waals surface area contributed by atoms with Gasteiger partial charge in [-0.2, -0.15) is 0 Å². The lowest BCUT2D eigenvalue weighted by atomic mass is 10.2. The third kappa shape index (κ3) is 3.31. The predicted molar refractivity (Wildman–Crippen MR) is 72.3 cm³/mol. The van der Waals surface area contributed by atoms with E-state index in [1.807, 2.05) is 13.8 Å². The van der Waals surface area contributed by atoms with Gasteiger partial charge in [-0.1, -0.05) is 6.07 Å². The first kappa shape index (κ1) is 14.0. The standard InChI is InChI=1S/C13H17N5O2/c1-3-14-13(19)10-6-5-7-11(8-10)20-9-12-15-16-17-18(12)4-2/h5-8H,3-4,9H2,1-2H3,(H,14,19). The topological polar surface area (TPSA) is 81.9 Å². The molecule has 106 valence electrons. The zero-order valence-corrected chi connectivity index (χ0v) is 11.5. The molecule has 0 unspecified atom stereocenters. The summed E-state index contributed by atoms with van der Waals surface area (Å²) in [5.41, 5.74) is 0.569. The Balaban J connectivity index is 2.03. The van der Waals surface area contributed by atoms with Gasteiger partial charge in [0.2, 0.25) is 0 Å². The van der Waals surface area contributed by atoms with Gasteiger partial charge in [0.05, 0.1) is 0 Å². The molecule has 2 aromatic rings. The van der Waals surface area contributed by atoms with Gasteiger partial charge in [0.1, 0.15) is 12.4 Å². The number of benzene rings is 1. The fourth-order valence-electron chi connectivity index (χ4n) is 1.71. The SMILES string of the molecule is CCNC(=O)c1cccc(OCc2nnnn2CC)c1. The van der Waals surface area contributed by atoms with E-state index in [9.17, 15) is 4.79 Å². The minimum atomic E-state index is -0.114. The smallest absolute Gasteiger partial charge is 0.251 e. The van der Waals surface area contributed by atoms with Crippen molar-refractivity contribution in [3.8, 4) is 5.75 Å². The molecule has 0 fully saturated rings. The van der Waals surface area contributed by atoms with E-state index in [1.54, 1.807) is 28.9 Å². The fourth-order valence-corrected chi connectivity index (χ4v) is 1.71. The van der Waals surface area contributed by atoms with E-state index in [1.165, 1.54) is 0 Å². The Morgan fingerprint density at radius 3 is 3.00 bits per heavy atom. The lowest BCUT2D eigenvalue weighted by molar-refractivity contribution is 0.0955. The number of aryl methyl sites for hydroxylation is 1. The quantitative estimate of drug-likeness (QED) is 0.851. The molecular formula is C13H17N5O2. The van der Waals surface area contributed by atoms with Crippen molar-refractivity contribution in [1.82, 2.24) is 25.5 Å². The van der Waals surface area contributed by atoms with Crippen LogP contribution in [0.15, 0.2) is 24.3 Å². The van der Waals surface area contributed by atoms with E-state index in [4.69, 9.17) is 4.74 Å². The summed E-state index contributed by atoms with van der Waals surface area (Å²) in [6, 6.07) is 7.02. The van der Waals surface area contributed by atoms with Crippen LogP contribution in [-0.4, -0.2) is 32.7 Å². The van der Waals surface area contributed by atoms with Crippen molar-refractivity contribution in [3.05, 3.63) is 35.7 Å². The Morgan fingerprint density at radius 2 is 2.25 bits per heavy atom. The molecule has 0 spiro atoms. The number of ether oxygens (including phenoxy) is 1. The molecule has 7 heteroatoms. The number of carbonyl (C=O) groups excluding carboxylic acids is 1. The average molecular weight is 275 g/mol. The Morgan fingerprint density at radius 1 is 1.40 bits per heavy atom. The normalized spacial score (nSPS) is 10.3. The summed E-state index contributed by atoms with van der Waals surface area (Å²) in [6.07, 6.45) is 0. The maximum atomic E-state index is 11.7. The van der Waals surface area contributed by atoms with E-state index in [0.29, 0.717) is 30.2 Å². The highest BCUT2D eigenvalue weighted by atomic mass is 16.5. The molecule has 0 radical (unpaired) electrons. The van der Waals surface area contributed by atoms with Crippen LogP contribution in [0.4, 0.5) is 0 Å². The first-order valence-electron chi connectivity index (χ1n) is 6.50. The van der Waals surface area contributed by atoms with Crippen LogP contribution in [0.5, 0.6) is 5.75 Å². The number of tetrazole rings is 1. The van der Waals surface area contributed by atoms with E-state index >= 15 is 0 Å². The average Bonchev–Trinajstić information content (AvgIpc) is 2.93.